The number of hydrogen-bond donors (Lipinski definition) is 1. The van der Waals surface area contributed by atoms with E-state index in [-0.39, 0.29) is 6.61 Å². The molecule has 0 spiro atoms. The van der Waals surface area contributed by atoms with Crippen molar-refractivity contribution in [2.45, 2.75) is 25.7 Å². The van der Waals surface area contributed by atoms with Crippen LogP contribution in [0.25, 0.3) is 0 Å². The monoisotopic (exact) mass is 193 g/mol. The molecule has 1 fully saturated rings. The van der Waals surface area contributed by atoms with Crippen molar-refractivity contribution in [2.75, 3.05) is 26.2 Å². The molecular weight excluding hydrogens is 176 g/mol. The third-order valence-corrected chi connectivity index (χ3v) is 2.64. The summed E-state index contributed by atoms with van der Waals surface area (Å²) in [6.45, 7) is 2.83. The Balaban J connectivity index is 2.42. The number of β-amino-alcohol motifs (C(OH)–C–C–N with tert-alkyl or cyclic N) is 1. The maximum absolute atomic E-state index is 12.9. The Bertz CT molecular complexity index is 156. The van der Waals surface area contributed by atoms with Gasteiger partial charge in [-0.3, -0.25) is 0 Å². The molecule has 0 aliphatic carbocycles. The van der Waals surface area contributed by atoms with Crippen molar-refractivity contribution in [3.8, 4) is 0 Å². The third-order valence-electron chi connectivity index (χ3n) is 2.64. The minimum atomic E-state index is -2.58. The molecule has 0 saturated carbocycles. The van der Waals surface area contributed by atoms with Crippen LogP contribution >= 0.6 is 0 Å². The predicted molar refractivity (Wildman–Crippen MR) is 46.9 cm³/mol. The van der Waals surface area contributed by atoms with Crippen LogP contribution in [0.1, 0.15) is 19.8 Å². The topological polar surface area (TPSA) is 23.5 Å². The third kappa shape index (κ3) is 3.19. The second-order valence-electron chi connectivity index (χ2n) is 3.82. The maximum atomic E-state index is 12.9. The van der Waals surface area contributed by atoms with Gasteiger partial charge in [-0.25, -0.2) is 8.78 Å². The zero-order chi connectivity index (χ0) is 9.90. The van der Waals surface area contributed by atoms with E-state index in [1.165, 1.54) is 0 Å². The molecule has 0 aromatic rings. The van der Waals surface area contributed by atoms with Crippen LogP contribution in [0.5, 0.6) is 0 Å². The van der Waals surface area contributed by atoms with Gasteiger partial charge < -0.3 is 10.0 Å². The number of hydrogen-bond acceptors (Lipinski definition) is 2. The summed E-state index contributed by atoms with van der Waals surface area (Å²) in [4.78, 5) is 1.91. The first kappa shape index (κ1) is 10.9. The number of aliphatic hydroxyl groups is 1. The van der Waals surface area contributed by atoms with Gasteiger partial charge in [0.2, 0.25) is 5.92 Å². The van der Waals surface area contributed by atoms with Gasteiger partial charge in [0, 0.05) is 19.0 Å². The van der Waals surface area contributed by atoms with Gasteiger partial charge in [-0.05, 0) is 26.3 Å². The molecule has 0 unspecified atom stereocenters. The number of aliphatic hydroxyl groups excluding tert-OH is 1. The molecule has 2 nitrogen and oxygen atoms in total. The van der Waals surface area contributed by atoms with Gasteiger partial charge in [0.15, 0.2) is 0 Å². The van der Waals surface area contributed by atoms with E-state index in [0.717, 1.165) is 19.9 Å². The van der Waals surface area contributed by atoms with Gasteiger partial charge in [-0.1, -0.05) is 0 Å². The van der Waals surface area contributed by atoms with Gasteiger partial charge in [-0.15, -0.1) is 0 Å². The van der Waals surface area contributed by atoms with Gasteiger partial charge in [0.05, 0.1) is 6.61 Å². The SMILES string of the molecule is CC(F)(F)[C@@H]1CCCN(CCO)C1. The molecule has 1 saturated heterocycles. The molecule has 1 atom stereocenters. The standard InChI is InChI=1S/C9H17F2NO/c1-9(10,11)8-3-2-4-12(7-8)5-6-13/h8,13H,2-7H2,1H3/t8-/m1/s1. The Morgan fingerprint density at radius 3 is 2.77 bits per heavy atom. The Morgan fingerprint density at radius 2 is 2.23 bits per heavy atom. The van der Waals surface area contributed by atoms with Crippen molar-refractivity contribution < 1.29 is 13.9 Å². The van der Waals surface area contributed by atoms with Crippen molar-refractivity contribution in [3.05, 3.63) is 0 Å². The number of piperidine rings is 1. The molecule has 1 heterocycles. The predicted octanol–water partition coefficient (Wildman–Crippen LogP) is 1.35. The number of rotatable bonds is 3. The molecule has 13 heavy (non-hydrogen) atoms. The summed E-state index contributed by atoms with van der Waals surface area (Å²) < 4.78 is 25.9. The molecular formula is C9H17F2NO. The van der Waals surface area contributed by atoms with Crippen LogP contribution in [0.15, 0.2) is 0 Å². The van der Waals surface area contributed by atoms with Gasteiger partial charge in [0.1, 0.15) is 0 Å². The lowest BCUT2D eigenvalue weighted by molar-refractivity contribution is -0.0673. The molecule has 1 rings (SSSR count). The lowest BCUT2D eigenvalue weighted by atomic mass is 9.93. The molecule has 0 radical (unpaired) electrons. The van der Waals surface area contributed by atoms with Crippen LogP contribution in [-0.4, -0.2) is 42.2 Å². The minimum Gasteiger partial charge on any atom is -0.395 e. The van der Waals surface area contributed by atoms with Gasteiger partial charge >= 0.3 is 0 Å². The summed E-state index contributed by atoms with van der Waals surface area (Å²) in [5.41, 5.74) is 0. The summed E-state index contributed by atoms with van der Waals surface area (Å²) in [7, 11) is 0. The number of nitrogens with zero attached hydrogens (tertiary/aromatic N) is 1. The first-order valence-electron chi connectivity index (χ1n) is 4.75. The smallest absolute Gasteiger partial charge is 0.249 e. The second kappa shape index (κ2) is 4.33. The van der Waals surface area contributed by atoms with E-state index in [1.54, 1.807) is 0 Å². The van der Waals surface area contributed by atoms with Crippen molar-refractivity contribution in [1.29, 1.82) is 0 Å². The van der Waals surface area contributed by atoms with E-state index in [1.807, 2.05) is 4.90 Å². The van der Waals surface area contributed by atoms with Crippen molar-refractivity contribution in [3.63, 3.8) is 0 Å². The Kier molecular flexibility index (Phi) is 3.62. The first-order chi connectivity index (χ1) is 6.04. The van der Waals surface area contributed by atoms with E-state index >= 15 is 0 Å². The maximum Gasteiger partial charge on any atom is 0.249 e. The average Bonchev–Trinajstić information content (AvgIpc) is 2.04. The van der Waals surface area contributed by atoms with Crippen molar-refractivity contribution in [2.24, 2.45) is 5.92 Å². The Morgan fingerprint density at radius 1 is 1.54 bits per heavy atom. The van der Waals surface area contributed by atoms with Crippen LogP contribution in [-0.2, 0) is 0 Å². The summed E-state index contributed by atoms with van der Waals surface area (Å²) in [6, 6.07) is 0. The molecule has 78 valence electrons. The lowest BCUT2D eigenvalue weighted by Gasteiger charge is -2.35. The zero-order valence-electron chi connectivity index (χ0n) is 7.97. The highest BCUT2D eigenvalue weighted by molar-refractivity contribution is 4.80. The van der Waals surface area contributed by atoms with E-state index < -0.39 is 11.8 Å². The number of alkyl halides is 2. The second-order valence-corrected chi connectivity index (χ2v) is 3.82. The van der Waals surface area contributed by atoms with Crippen molar-refractivity contribution >= 4 is 0 Å². The fraction of sp³-hybridized carbons (Fsp3) is 1.00. The number of halogens is 2. The van der Waals surface area contributed by atoms with Crippen LogP contribution in [0.3, 0.4) is 0 Å². The largest absolute Gasteiger partial charge is 0.395 e. The average molecular weight is 193 g/mol. The van der Waals surface area contributed by atoms with E-state index in [4.69, 9.17) is 5.11 Å². The first-order valence-corrected chi connectivity index (χ1v) is 4.75. The van der Waals surface area contributed by atoms with E-state index in [0.29, 0.717) is 19.5 Å². The van der Waals surface area contributed by atoms with Crippen LogP contribution in [0, 0.1) is 5.92 Å². The summed E-state index contributed by atoms with van der Waals surface area (Å²) in [5.74, 6) is -3.11. The number of likely N-dealkylation sites (tertiary alicyclic amines) is 1. The zero-order valence-corrected chi connectivity index (χ0v) is 7.97. The van der Waals surface area contributed by atoms with E-state index in [2.05, 4.69) is 0 Å². The molecule has 0 amide bonds. The molecule has 0 bridgehead atoms. The highest BCUT2D eigenvalue weighted by atomic mass is 19.3. The fourth-order valence-corrected chi connectivity index (χ4v) is 1.81. The Labute approximate surface area is 77.5 Å². The summed E-state index contributed by atoms with van der Waals surface area (Å²) in [5, 5.41) is 8.68. The molecule has 1 N–H and O–H groups in total. The minimum absolute atomic E-state index is 0.0575. The van der Waals surface area contributed by atoms with E-state index in [9.17, 15) is 8.78 Å². The highest BCUT2D eigenvalue weighted by Gasteiger charge is 2.36. The fourth-order valence-electron chi connectivity index (χ4n) is 1.81. The van der Waals surface area contributed by atoms with Crippen molar-refractivity contribution in [1.82, 2.24) is 4.90 Å². The normalized spacial score (nSPS) is 26.3. The summed E-state index contributed by atoms with van der Waals surface area (Å²) >= 11 is 0. The van der Waals surface area contributed by atoms with Crippen LogP contribution in [0.4, 0.5) is 8.78 Å². The van der Waals surface area contributed by atoms with Gasteiger partial charge in [-0.2, -0.15) is 0 Å². The van der Waals surface area contributed by atoms with Gasteiger partial charge in [0.25, 0.3) is 0 Å². The molecule has 1 aliphatic rings. The van der Waals surface area contributed by atoms with Crippen LogP contribution in [0.2, 0.25) is 0 Å². The molecule has 1 aliphatic heterocycles. The molecule has 0 aromatic carbocycles. The highest BCUT2D eigenvalue weighted by Crippen LogP contribution is 2.31. The summed E-state index contributed by atoms with van der Waals surface area (Å²) in [6.07, 6.45) is 1.42. The Hall–Kier alpha value is -0.220. The lowest BCUT2D eigenvalue weighted by Crippen LogP contribution is -2.43. The van der Waals surface area contributed by atoms with Crippen LogP contribution < -0.4 is 0 Å². The quantitative estimate of drug-likeness (QED) is 0.731. The molecule has 0 aromatic heterocycles. The molecule has 4 heteroatoms.